The van der Waals surface area contributed by atoms with E-state index in [-0.39, 0.29) is 18.4 Å². The minimum absolute atomic E-state index is 0.210. The molecule has 0 radical (unpaired) electrons. The highest BCUT2D eigenvalue weighted by molar-refractivity contribution is 9.10. The fourth-order valence-corrected chi connectivity index (χ4v) is 3.13. The molecule has 0 atom stereocenters. The van der Waals surface area contributed by atoms with Crippen molar-refractivity contribution in [2.75, 3.05) is 6.54 Å². The van der Waals surface area contributed by atoms with Crippen LogP contribution in [0.3, 0.4) is 0 Å². The molecular weight excluding hydrogens is 336 g/mol. The van der Waals surface area contributed by atoms with Crippen LogP contribution in [-0.4, -0.2) is 38.6 Å². The molecule has 116 valence electrons. The van der Waals surface area contributed by atoms with Gasteiger partial charge in [0.2, 0.25) is 11.8 Å². The van der Waals surface area contributed by atoms with Crippen LogP contribution < -0.4 is 5.32 Å². The summed E-state index contributed by atoms with van der Waals surface area (Å²) in [6, 6.07) is 0. The number of piperazine rings is 1. The van der Waals surface area contributed by atoms with Gasteiger partial charge in [0.25, 0.3) is 0 Å². The van der Waals surface area contributed by atoms with E-state index in [0.717, 1.165) is 28.8 Å². The maximum atomic E-state index is 12.0. The van der Waals surface area contributed by atoms with E-state index < -0.39 is 5.54 Å². The van der Waals surface area contributed by atoms with Gasteiger partial charge in [0.1, 0.15) is 0 Å². The molecule has 0 saturated carbocycles. The monoisotopic (exact) mass is 356 g/mol. The molecule has 0 spiro atoms. The van der Waals surface area contributed by atoms with E-state index in [0.29, 0.717) is 6.54 Å². The first-order valence-electron chi connectivity index (χ1n) is 7.14. The number of hydrogen-bond donors (Lipinski definition) is 1. The van der Waals surface area contributed by atoms with E-state index >= 15 is 0 Å². The van der Waals surface area contributed by atoms with Crippen LogP contribution in [0, 0.1) is 0 Å². The van der Waals surface area contributed by atoms with Crippen LogP contribution in [0.4, 0.5) is 0 Å². The van der Waals surface area contributed by atoms with Gasteiger partial charge in [0.05, 0.1) is 27.9 Å². The molecule has 21 heavy (non-hydrogen) atoms. The number of amides is 2. The number of hydrogen-bond acceptors (Lipinski definition) is 4. The molecule has 2 heterocycles. The van der Waals surface area contributed by atoms with Crippen molar-refractivity contribution in [1.82, 2.24) is 20.0 Å². The summed E-state index contributed by atoms with van der Waals surface area (Å²) in [7, 11) is 0. The van der Waals surface area contributed by atoms with Crippen molar-refractivity contribution in [3.8, 4) is 0 Å². The fourth-order valence-electron chi connectivity index (χ4n) is 2.44. The highest BCUT2D eigenvalue weighted by Crippen LogP contribution is 2.27. The van der Waals surface area contributed by atoms with Gasteiger partial charge in [-0.3, -0.25) is 24.5 Å². The molecule has 0 unspecified atom stereocenters. The van der Waals surface area contributed by atoms with Crippen LogP contribution in [0.15, 0.2) is 4.47 Å². The predicted octanol–water partition coefficient (Wildman–Crippen LogP) is 1.46. The maximum absolute atomic E-state index is 12.0. The molecule has 1 aromatic rings. The first-order chi connectivity index (χ1) is 9.81. The zero-order valence-electron chi connectivity index (χ0n) is 12.9. The Labute approximate surface area is 133 Å². The third-order valence-corrected chi connectivity index (χ3v) is 4.88. The molecule has 7 heteroatoms. The van der Waals surface area contributed by atoms with E-state index in [1.54, 1.807) is 0 Å². The maximum Gasteiger partial charge on any atom is 0.246 e. The van der Waals surface area contributed by atoms with Gasteiger partial charge in [-0.05, 0) is 43.1 Å². The van der Waals surface area contributed by atoms with Crippen molar-refractivity contribution in [3.63, 3.8) is 0 Å². The Balaban J connectivity index is 2.34. The second-order valence-corrected chi connectivity index (χ2v) is 6.46. The average molecular weight is 357 g/mol. The largest absolute Gasteiger partial charge is 0.294 e. The summed E-state index contributed by atoms with van der Waals surface area (Å²) in [5.41, 5.74) is 1.28. The molecule has 1 aliphatic rings. The van der Waals surface area contributed by atoms with Crippen LogP contribution in [0.25, 0.3) is 0 Å². The van der Waals surface area contributed by atoms with Crippen LogP contribution >= 0.6 is 15.9 Å². The minimum atomic E-state index is -0.720. The third-order valence-electron chi connectivity index (χ3n) is 3.97. The van der Waals surface area contributed by atoms with Gasteiger partial charge in [-0.25, -0.2) is 0 Å². The highest BCUT2D eigenvalue weighted by Gasteiger charge is 2.41. The summed E-state index contributed by atoms with van der Waals surface area (Å²) in [5.74, 6) is -0.512. The zero-order chi connectivity index (χ0) is 15.8. The Morgan fingerprint density at radius 3 is 2.57 bits per heavy atom. The van der Waals surface area contributed by atoms with Crippen molar-refractivity contribution in [3.05, 3.63) is 15.9 Å². The lowest BCUT2D eigenvalue weighted by Crippen LogP contribution is -2.63. The number of halogens is 1. The minimum Gasteiger partial charge on any atom is -0.294 e. The molecule has 0 aromatic carbocycles. The lowest BCUT2D eigenvalue weighted by molar-refractivity contribution is -0.145. The van der Waals surface area contributed by atoms with Gasteiger partial charge < -0.3 is 0 Å². The van der Waals surface area contributed by atoms with E-state index in [2.05, 4.69) is 33.3 Å². The van der Waals surface area contributed by atoms with Gasteiger partial charge in [-0.1, -0.05) is 6.92 Å². The second kappa shape index (κ2) is 5.88. The van der Waals surface area contributed by atoms with E-state index in [1.165, 1.54) is 0 Å². The van der Waals surface area contributed by atoms with Gasteiger partial charge in [-0.15, -0.1) is 0 Å². The van der Waals surface area contributed by atoms with Crippen LogP contribution in [0.2, 0.25) is 0 Å². The Bertz CT molecular complexity index is 580. The van der Waals surface area contributed by atoms with E-state index in [9.17, 15) is 9.59 Å². The first-order valence-corrected chi connectivity index (χ1v) is 7.93. The van der Waals surface area contributed by atoms with E-state index in [1.807, 2.05) is 30.4 Å². The van der Waals surface area contributed by atoms with Crippen molar-refractivity contribution < 1.29 is 9.59 Å². The number of aryl methyl sites for hydroxylation is 2. The first kappa shape index (κ1) is 16.2. The van der Waals surface area contributed by atoms with Crippen LogP contribution in [0.1, 0.15) is 39.1 Å². The van der Waals surface area contributed by atoms with Gasteiger partial charge in [0, 0.05) is 13.1 Å². The summed E-state index contributed by atoms with van der Waals surface area (Å²) in [6.07, 6.45) is 0.837. The third kappa shape index (κ3) is 2.89. The number of nitrogens with one attached hydrogen (secondary N) is 1. The van der Waals surface area contributed by atoms with Crippen molar-refractivity contribution in [2.45, 2.75) is 52.7 Å². The number of carbonyl (C=O) groups excluding carboxylic acids is 2. The van der Waals surface area contributed by atoms with Gasteiger partial charge in [0.15, 0.2) is 0 Å². The highest BCUT2D eigenvalue weighted by atomic mass is 79.9. The quantitative estimate of drug-likeness (QED) is 0.829. The molecule has 2 rings (SSSR count). The summed E-state index contributed by atoms with van der Waals surface area (Å²) in [5, 5.41) is 6.95. The Morgan fingerprint density at radius 2 is 2.00 bits per heavy atom. The Morgan fingerprint density at radius 1 is 1.33 bits per heavy atom. The number of imide groups is 1. The number of nitrogens with zero attached hydrogens (tertiary/aromatic N) is 3. The summed E-state index contributed by atoms with van der Waals surface area (Å²) in [4.78, 5) is 25.6. The van der Waals surface area contributed by atoms with Gasteiger partial charge >= 0.3 is 0 Å². The molecule has 1 fully saturated rings. The Hall–Kier alpha value is -1.21. The normalized spacial score (nSPS) is 18.9. The Kier molecular flexibility index (Phi) is 4.53. The topological polar surface area (TPSA) is 67.2 Å². The lowest BCUT2D eigenvalue weighted by Gasteiger charge is -2.40. The molecule has 1 aliphatic heterocycles. The predicted molar refractivity (Wildman–Crippen MR) is 82.6 cm³/mol. The number of carbonyl (C=O) groups is 2. The molecular formula is C14H21BrN4O2. The number of aromatic nitrogens is 2. The molecule has 6 nitrogen and oxygen atoms in total. The van der Waals surface area contributed by atoms with Crippen molar-refractivity contribution in [2.24, 2.45) is 0 Å². The second-order valence-electron chi connectivity index (χ2n) is 5.67. The van der Waals surface area contributed by atoms with Crippen LogP contribution in [0.5, 0.6) is 0 Å². The lowest BCUT2D eigenvalue weighted by atomic mass is 9.98. The molecule has 2 amide bonds. The molecule has 1 saturated heterocycles. The standard InChI is InChI=1S/C14H21BrN4O2/c1-5-9-12(15)10(19(6-2)17-9)7-18-8-11(20)16-13(21)14(18,3)4/h5-8H2,1-4H3,(H,16,20,21). The zero-order valence-corrected chi connectivity index (χ0v) is 14.5. The molecule has 0 aliphatic carbocycles. The fraction of sp³-hybridized carbons (Fsp3) is 0.643. The molecule has 1 N–H and O–H groups in total. The SMILES string of the molecule is CCc1nn(CC)c(CN2CC(=O)NC(=O)C2(C)C)c1Br. The van der Waals surface area contributed by atoms with Crippen LogP contribution in [-0.2, 0) is 29.1 Å². The smallest absolute Gasteiger partial charge is 0.246 e. The average Bonchev–Trinajstić information content (AvgIpc) is 2.72. The van der Waals surface area contributed by atoms with Crippen molar-refractivity contribution >= 4 is 27.7 Å². The van der Waals surface area contributed by atoms with Crippen molar-refractivity contribution in [1.29, 1.82) is 0 Å². The summed E-state index contributed by atoms with van der Waals surface area (Å²) < 4.78 is 2.90. The number of rotatable bonds is 4. The molecule has 1 aromatic heterocycles. The van der Waals surface area contributed by atoms with Gasteiger partial charge in [-0.2, -0.15) is 5.10 Å². The summed E-state index contributed by atoms with van der Waals surface area (Å²) >= 11 is 3.60. The summed E-state index contributed by atoms with van der Waals surface area (Å²) in [6.45, 7) is 9.21. The molecule has 0 bridgehead atoms. The van der Waals surface area contributed by atoms with E-state index in [4.69, 9.17) is 0 Å².